The summed E-state index contributed by atoms with van der Waals surface area (Å²) in [5, 5.41) is 9.73. The van der Waals surface area contributed by atoms with Crippen molar-refractivity contribution in [2.24, 2.45) is 17.3 Å². The van der Waals surface area contributed by atoms with E-state index >= 15 is 0 Å². The van der Waals surface area contributed by atoms with E-state index < -0.39 is 5.41 Å². The smallest absolute Gasteiger partial charge is 0.164 e. The second-order valence-corrected chi connectivity index (χ2v) is 5.34. The summed E-state index contributed by atoms with van der Waals surface area (Å²) in [6, 6.07) is 0. The lowest BCUT2D eigenvalue weighted by atomic mass is 9.58. The van der Waals surface area contributed by atoms with Gasteiger partial charge in [-0.25, -0.2) is 0 Å². The van der Waals surface area contributed by atoms with Crippen molar-refractivity contribution >= 4 is 5.78 Å². The summed E-state index contributed by atoms with van der Waals surface area (Å²) < 4.78 is 0. The third-order valence-corrected chi connectivity index (χ3v) is 4.49. The fraction of sp³-hybridized carbons (Fsp3) is 0.786. The maximum absolute atomic E-state index is 12.1. The first kappa shape index (κ1) is 11.8. The van der Waals surface area contributed by atoms with Crippen molar-refractivity contribution in [1.82, 2.24) is 0 Å². The lowest BCUT2D eigenvalue weighted by molar-refractivity contribution is -0.134. The number of ketones is 1. The molecule has 0 aromatic heterocycles. The molecule has 0 spiro atoms. The van der Waals surface area contributed by atoms with Crippen LogP contribution in [0.5, 0.6) is 0 Å². The van der Waals surface area contributed by atoms with E-state index in [9.17, 15) is 9.90 Å². The number of aliphatic hydroxyl groups is 1. The SMILES string of the molecule is CCC[C@@]1(CO)C(=O)C=C[C@@H]2CCCCC21. The molecule has 0 amide bonds. The van der Waals surface area contributed by atoms with E-state index in [1.807, 2.05) is 0 Å². The molecule has 1 saturated carbocycles. The summed E-state index contributed by atoms with van der Waals surface area (Å²) in [4.78, 5) is 12.1. The highest BCUT2D eigenvalue weighted by Gasteiger charge is 2.48. The molecule has 1 unspecified atom stereocenters. The van der Waals surface area contributed by atoms with Gasteiger partial charge in [-0.1, -0.05) is 32.3 Å². The van der Waals surface area contributed by atoms with Crippen LogP contribution in [0.1, 0.15) is 45.4 Å². The van der Waals surface area contributed by atoms with Crippen LogP contribution in [-0.2, 0) is 4.79 Å². The van der Waals surface area contributed by atoms with Crippen LogP contribution in [0.3, 0.4) is 0 Å². The van der Waals surface area contributed by atoms with Crippen LogP contribution in [0.15, 0.2) is 12.2 Å². The van der Waals surface area contributed by atoms with Crippen LogP contribution < -0.4 is 0 Å². The van der Waals surface area contributed by atoms with Crippen LogP contribution in [0.2, 0.25) is 0 Å². The molecule has 2 heteroatoms. The Morgan fingerprint density at radius 1 is 1.44 bits per heavy atom. The van der Waals surface area contributed by atoms with E-state index in [1.54, 1.807) is 6.08 Å². The Bertz CT molecular complexity index is 295. The Balaban J connectivity index is 2.32. The molecule has 0 aromatic rings. The molecule has 0 bridgehead atoms. The van der Waals surface area contributed by atoms with Crippen molar-refractivity contribution in [3.05, 3.63) is 12.2 Å². The van der Waals surface area contributed by atoms with Gasteiger partial charge in [0.2, 0.25) is 0 Å². The van der Waals surface area contributed by atoms with E-state index in [0.717, 1.165) is 19.3 Å². The van der Waals surface area contributed by atoms with E-state index in [0.29, 0.717) is 11.8 Å². The van der Waals surface area contributed by atoms with E-state index in [1.165, 1.54) is 19.3 Å². The minimum Gasteiger partial charge on any atom is -0.395 e. The standard InChI is InChI=1S/C14H22O2/c1-2-9-14(10-15)12-6-4-3-5-11(12)7-8-13(14)16/h7-8,11-12,15H,2-6,9-10H2,1H3/t11-,12?,14-/m0/s1. The van der Waals surface area contributed by atoms with Crippen molar-refractivity contribution in [1.29, 1.82) is 0 Å². The highest BCUT2D eigenvalue weighted by molar-refractivity contribution is 5.96. The van der Waals surface area contributed by atoms with E-state index in [4.69, 9.17) is 0 Å². The van der Waals surface area contributed by atoms with Crippen LogP contribution in [0.25, 0.3) is 0 Å². The van der Waals surface area contributed by atoms with Gasteiger partial charge >= 0.3 is 0 Å². The second-order valence-electron chi connectivity index (χ2n) is 5.34. The van der Waals surface area contributed by atoms with Gasteiger partial charge in [-0.15, -0.1) is 0 Å². The summed E-state index contributed by atoms with van der Waals surface area (Å²) in [6.45, 7) is 2.13. The van der Waals surface area contributed by atoms with Crippen molar-refractivity contribution in [3.8, 4) is 0 Å². The lowest BCUT2D eigenvalue weighted by Crippen LogP contribution is -2.47. The highest BCUT2D eigenvalue weighted by atomic mass is 16.3. The number of allylic oxidation sites excluding steroid dienone is 2. The zero-order valence-electron chi connectivity index (χ0n) is 10.1. The first-order valence-corrected chi connectivity index (χ1v) is 6.58. The summed E-state index contributed by atoms with van der Waals surface area (Å²) >= 11 is 0. The van der Waals surface area contributed by atoms with Gasteiger partial charge in [0.05, 0.1) is 12.0 Å². The van der Waals surface area contributed by atoms with Crippen LogP contribution in [-0.4, -0.2) is 17.5 Å². The summed E-state index contributed by atoms with van der Waals surface area (Å²) in [7, 11) is 0. The number of carbonyl (C=O) groups excluding carboxylic acids is 1. The van der Waals surface area contributed by atoms with Crippen LogP contribution in [0, 0.1) is 17.3 Å². The van der Waals surface area contributed by atoms with Crippen LogP contribution >= 0.6 is 0 Å². The van der Waals surface area contributed by atoms with Gasteiger partial charge in [0.25, 0.3) is 0 Å². The molecule has 16 heavy (non-hydrogen) atoms. The average molecular weight is 222 g/mol. The lowest BCUT2D eigenvalue weighted by Gasteiger charge is -2.45. The van der Waals surface area contributed by atoms with Gasteiger partial charge in [-0.05, 0) is 37.2 Å². The molecule has 0 aromatic carbocycles. The molecule has 1 N–H and O–H groups in total. The zero-order chi connectivity index (χ0) is 11.6. The van der Waals surface area contributed by atoms with Crippen molar-refractivity contribution in [2.75, 3.05) is 6.61 Å². The number of rotatable bonds is 3. The molecule has 90 valence electrons. The Morgan fingerprint density at radius 2 is 2.19 bits per heavy atom. The second kappa shape index (κ2) is 4.70. The fourth-order valence-corrected chi connectivity index (χ4v) is 3.66. The van der Waals surface area contributed by atoms with Gasteiger partial charge in [-0.2, -0.15) is 0 Å². The number of aliphatic hydroxyl groups excluding tert-OH is 1. The molecule has 0 radical (unpaired) electrons. The number of carbonyl (C=O) groups is 1. The zero-order valence-corrected chi connectivity index (χ0v) is 10.1. The number of hydrogen-bond donors (Lipinski definition) is 1. The normalized spacial score (nSPS) is 38.5. The third kappa shape index (κ3) is 1.73. The molecule has 2 aliphatic rings. The molecule has 3 atom stereocenters. The molecule has 2 nitrogen and oxygen atoms in total. The monoisotopic (exact) mass is 222 g/mol. The minimum atomic E-state index is -0.450. The Morgan fingerprint density at radius 3 is 2.88 bits per heavy atom. The quantitative estimate of drug-likeness (QED) is 0.797. The summed E-state index contributed by atoms with van der Waals surface area (Å²) in [5.74, 6) is 1.09. The van der Waals surface area contributed by atoms with E-state index in [-0.39, 0.29) is 12.4 Å². The topological polar surface area (TPSA) is 37.3 Å². The van der Waals surface area contributed by atoms with Crippen molar-refractivity contribution < 1.29 is 9.90 Å². The molecular weight excluding hydrogens is 200 g/mol. The number of fused-ring (bicyclic) bond motifs is 1. The molecule has 2 rings (SSSR count). The molecule has 1 fully saturated rings. The van der Waals surface area contributed by atoms with Gasteiger partial charge in [0.1, 0.15) is 0 Å². The van der Waals surface area contributed by atoms with E-state index in [2.05, 4.69) is 13.0 Å². The average Bonchev–Trinajstić information content (AvgIpc) is 2.33. The minimum absolute atomic E-state index is 0.0329. The fourth-order valence-electron chi connectivity index (χ4n) is 3.66. The predicted octanol–water partition coefficient (Wildman–Crippen LogP) is 2.71. The first-order chi connectivity index (χ1) is 7.74. The largest absolute Gasteiger partial charge is 0.395 e. The van der Waals surface area contributed by atoms with Crippen LogP contribution in [0.4, 0.5) is 0 Å². The third-order valence-electron chi connectivity index (χ3n) is 4.49. The molecular formula is C14H22O2. The number of hydrogen-bond acceptors (Lipinski definition) is 2. The highest BCUT2D eigenvalue weighted by Crippen LogP contribution is 2.48. The van der Waals surface area contributed by atoms with Gasteiger partial charge < -0.3 is 5.11 Å². The molecule has 0 aliphatic heterocycles. The predicted molar refractivity (Wildman–Crippen MR) is 64.0 cm³/mol. The van der Waals surface area contributed by atoms with Gasteiger partial charge in [0, 0.05) is 0 Å². The first-order valence-electron chi connectivity index (χ1n) is 6.58. The van der Waals surface area contributed by atoms with Crippen molar-refractivity contribution in [3.63, 3.8) is 0 Å². The van der Waals surface area contributed by atoms with Crippen molar-refractivity contribution in [2.45, 2.75) is 45.4 Å². The van der Waals surface area contributed by atoms with Gasteiger partial charge in [0.15, 0.2) is 5.78 Å². The maximum atomic E-state index is 12.1. The summed E-state index contributed by atoms with van der Waals surface area (Å²) in [5.41, 5.74) is -0.450. The van der Waals surface area contributed by atoms with Gasteiger partial charge in [-0.3, -0.25) is 4.79 Å². The molecule has 0 heterocycles. The Kier molecular flexibility index (Phi) is 3.48. The molecule has 0 saturated heterocycles. The Labute approximate surface area is 97.7 Å². The Hall–Kier alpha value is -0.630. The molecule has 2 aliphatic carbocycles. The summed E-state index contributed by atoms with van der Waals surface area (Å²) in [6.07, 6.45) is 10.4. The maximum Gasteiger partial charge on any atom is 0.164 e.